The van der Waals surface area contributed by atoms with E-state index in [0.717, 1.165) is 40.8 Å². The van der Waals surface area contributed by atoms with Gasteiger partial charge in [0.05, 0.1) is 50.2 Å². The normalized spacial score (nSPS) is 25.0. The Kier molecular flexibility index (Phi) is 6.38. The van der Waals surface area contributed by atoms with Crippen molar-refractivity contribution in [2.45, 2.75) is 70.3 Å². The van der Waals surface area contributed by atoms with Crippen molar-refractivity contribution in [2.24, 2.45) is 0 Å². The Hall–Kier alpha value is -3.44. The van der Waals surface area contributed by atoms with Crippen LogP contribution in [0.15, 0.2) is 24.4 Å². The van der Waals surface area contributed by atoms with E-state index in [2.05, 4.69) is 39.0 Å². The number of aliphatic hydroxyl groups is 1. The third-order valence-electron chi connectivity index (χ3n) is 7.86. The zero-order valence-electron chi connectivity index (χ0n) is 23.1. The minimum Gasteiger partial charge on any atom is -0.467 e. The molecular weight excluding hydrogens is 500 g/mol. The van der Waals surface area contributed by atoms with Crippen LogP contribution in [0.25, 0.3) is 16.7 Å². The van der Waals surface area contributed by atoms with Gasteiger partial charge in [-0.15, -0.1) is 0 Å². The maximum Gasteiger partial charge on any atom is 0.410 e. The van der Waals surface area contributed by atoms with E-state index < -0.39 is 17.8 Å². The Labute approximate surface area is 227 Å². The monoisotopic (exact) mass is 536 g/mol. The fourth-order valence-electron chi connectivity index (χ4n) is 6.00. The highest BCUT2D eigenvalue weighted by Gasteiger charge is 2.40. The van der Waals surface area contributed by atoms with E-state index in [4.69, 9.17) is 14.2 Å². The highest BCUT2D eigenvalue weighted by molar-refractivity contribution is 5.82. The molecule has 3 aliphatic rings. The fraction of sp³-hybridized carbons (Fsp3) is 0.571. The predicted molar refractivity (Wildman–Crippen MR) is 145 cm³/mol. The van der Waals surface area contributed by atoms with Gasteiger partial charge in [-0.3, -0.25) is 0 Å². The third kappa shape index (κ3) is 4.89. The molecule has 6 rings (SSSR count). The lowest BCUT2D eigenvalue weighted by atomic mass is 9.84. The van der Waals surface area contributed by atoms with Crippen LogP contribution in [0.3, 0.4) is 0 Å². The number of ether oxygens (including phenoxy) is 3. The zero-order valence-corrected chi connectivity index (χ0v) is 23.1. The number of rotatable bonds is 4. The summed E-state index contributed by atoms with van der Waals surface area (Å²) in [5, 5.41) is 16.8. The number of morpholine rings is 1. The molecule has 3 aromatic rings. The first kappa shape index (κ1) is 25.8. The Morgan fingerprint density at radius 1 is 1.15 bits per heavy atom. The average Bonchev–Trinajstić information content (AvgIpc) is 3.63. The van der Waals surface area contributed by atoms with Crippen molar-refractivity contribution in [1.29, 1.82) is 0 Å². The van der Waals surface area contributed by atoms with Crippen molar-refractivity contribution in [2.75, 3.05) is 38.3 Å². The fourth-order valence-corrected chi connectivity index (χ4v) is 6.00. The lowest BCUT2D eigenvalue weighted by molar-refractivity contribution is -0.00155. The molecule has 1 amide bonds. The highest BCUT2D eigenvalue weighted by atomic mass is 16.6. The number of β-amino-alcohol motifs (C(OH)–C–C–N with tert-alkyl or cyclic N) is 1. The topological polar surface area (TPSA) is 115 Å². The van der Waals surface area contributed by atoms with Crippen LogP contribution >= 0.6 is 0 Å². The molecule has 39 heavy (non-hydrogen) atoms. The van der Waals surface area contributed by atoms with E-state index in [0.29, 0.717) is 31.4 Å². The molecule has 5 heterocycles. The van der Waals surface area contributed by atoms with Gasteiger partial charge in [0.15, 0.2) is 5.82 Å². The van der Waals surface area contributed by atoms with E-state index in [1.165, 1.54) is 0 Å². The molecule has 3 aliphatic heterocycles. The number of piperidine rings is 1. The minimum atomic E-state index is -0.711. The van der Waals surface area contributed by atoms with Gasteiger partial charge < -0.3 is 29.1 Å². The molecule has 1 aromatic carbocycles. The summed E-state index contributed by atoms with van der Waals surface area (Å²) in [5.74, 6) is 1.30. The lowest BCUT2D eigenvalue weighted by Gasteiger charge is -2.37. The number of benzene rings is 1. The van der Waals surface area contributed by atoms with Gasteiger partial charge in [0, 0.05) is 30.5 Å². The minimum absolute atomic E-state index is 0.118. The molecule has 2 aromatic heterocycles. The molecule has 0 saturated carbocycles. The number of nitrogens with zero attached hydrogens (tertiary/aromatic N) is 6. The van der Waals surface area contributed by atoms with Gasteiger partial charge in [0.2, 0.25) is 0 Å². The van der Waals surface area contributed by atoms with Crippen LogP contribution in [0.2, 0.25) is 0 Å². The smallest absolute Gasteiger partial charge is 0.410 e. The molecule has 2 bridgehead atoms. The van der Waals surface area contributed by atoms with Crippen LogP contribution in [0.4, 0.5) is 10.6 Å². The Balaban J connectivity index is 1.30. The summed E-state index contributed by atoms with van der Waals surface area (Å²) in [5.41, 5.74) is 2.42. The number of hydrogen-bond acceptors (Lipinski definition) is 9. The first-order chi connectivity index (χ1) is 18.6. The summed E-state index contributed by atoms with van der Waals surface area (Å²) in [6, 6.07) is 6.72. The number of aliphatic hydroxyl groups excluding tert-OH is 1. The number of methoxy groups -OCH3 is 1. The standard InChI is InChI=1S/C28H36N6O5/c1-16-8-17-12-29-34(25-11-24(30-26(31-25)37-5)33-13-19-9-18(33)15-38-19)22(17)10-21(16)20-6-7-32(14-23(20)35)27(36)39-28(2,3)4/h8,10-12,18-20,23,35H,6-7,9,13-15H2,1-5H3. The highest BCUT2D eigenvalue weighted by Crippen LogP contribution is 2.36. The summed E-state index contributed by atoms with van der Waals surface area (Å²) in [6.45, 7) is 9.82. The summed E-state index contributed by atoms with van der Waals surface area (Å²) in [7, 11) is 1.57. The van der Waals surface area contributed by atoms with Crippen molar-refractivity contribution in [3.63, 3.8) is 0 Å². The Morgan fingerprint density at radius 2 is 1.95 bits per heavy atom. The molecule has 0 aliphatic carbocycles. The van der Waals surface area contributed by atoms with E-state index >= 15 is 0 Å². The van der Waals surface area contributed by atoms with E-state index in [-0.39, 0.29) is 24.6 Å². The van der Waals surface area contributed by atoms with Crippen LogP contribution < -0.4 is 9.64 Å². The number of carbonyl (C=O) groups is 1. The number of aromatic nitrogens is 4. The SMILES string of the molecule is COc1nc(N2CC3CC2CO3)cc(-n2ncc3cc(C)c(C4CCN(C(=O)OC(C)(C)C)CC4O)cc32)n1. The lowest BCUT2D eigenvalue weighted by Crippen LogP contribution is -2.47. The molecular formula is C28H36N6O5. The van der Waals surface area contributed by atoms with Crippen LogP contribution in [-0.2, 0) is 9.47 Å². The molecule has 1 N–H and O–H groups in total. The molecule has 11 nitrogen and oxygen atoms in total. The largest absolute Gasteiger partial charge is 0.467 e. The van der Waals surface area contributed by atoms with Gasteiger partial charge in [0.1, 0.15) is 11.4 Å². The molecule has 3 saturated heterocycles. The number of anilines is 1. The van der Waals surface area contributed by atoms with E-state index in [1.54, 1.807) is 16.7 Å². The van der Waals surface area contributed by atoms with Crippen molar-refractivity contribution in [3.05, 3.63) is 35.5 Å². The summed E-state index contributed by atoms with van der Waals surface area (Å²) in [6.07, 6.45) is 2.60. The quantitative estimate of drug-likeness (QED) is 0.537. The van der Waals surface area contributed by atoms with E-state index in [9.17, 15) is 9.90 Å². The van der Waals surface area contributed by atoms with Gasteiger partial charge in [0.25, 0.3) is 0 Å². The number of fused-ring (bicyclic) bond motifs is 3. The summed E-state index contributed by atoms with van der Waals surface area (Å²) in [4.78, 5) is 25.7. The Bertz CT molecular complexity index is 1400. The van der Waals surface area contributed by atoms with Crippen LogP contribution in [0, 0.1) is 6.92 Å². The zero-order chi connectivity index (χ0) is 27.5. The van der Waals surface area contributed by atoms with Crippen LogP contribution in [0.1, 0.15) is 50.7 Å². The molecule has 208 valence electrons. The molecule has 0 radical (unpaired) electrons. The van der Waals surface area contributed by atoms with Crippen molar-refractivity contribution >= 4 is 22.8 Å². The third-order valence-corrected chi connectivity index (χ3v) is 7.86. The van der Waals surface area contributed by atoms with Gasteiger partial charge in [-0.25, -0.2) is 9.48 Å². The summed E-state index contributed by atoms with van der Waals surface area (Å²) >= 11 is 0. The Morgan fingerprint density at radius 3 is 2.62 bits per heavy atom. The number of amides is 1. The molecule has 11 heteroatoms. The summed E-state index contributed by atoms with van der Waals surface area (Å²) < 4.78 is 18.5. The van der Waals surface area contributed by atoms with E-state index in [1.807, 2.05) is 33.0 Å². The van der Waals surface area contributed by atoms with Crippen molar-refractivity contribution in [1.82, 2.24) is 24.6 Å². The number of likely N-dealkylation sites (tertiary alicyclic amines) is 1. The number of hydrogen-bond donors (Lipinski definition) is 1. The first-order valence-electron chi connectivity index (χ1n) is 13.6. The average molecular weight is 537 g/mol. The number of carbonyl (C=O) groups excluding carboxylic acids is 1. The molecule has 4 unspecified atom stereocenters. The second-order valence-electron chi connectivity index (χ2n) is 11.8. The van der Waals surface area contributed by atoms with Crippen LogP contribution in [0.5, 0.6) is 6.01 Å². The maximum atomic E-state index is 12.6. The van der Waals surface area contributed by atoms with Crippen molar-refractivity contribution < 1.29 is 24.1 Å². The van der Waals surface area contributed by atoms with Gasteiger partial charge in [-0.1, -0.05) is 0 Å². The number of aryl methyl sites for hydroxylation is 1. The predicted octanol–water partition coefficient (Wildman–Crippen LogP) is 3.20. The second-order valence-corrected chi connectivity index (χ2v) is 11.8. The van der Waals surface area contributed by atoms with Gasteiger partial charge in [-0.2, -0.15) is 15.1 Å². The van der Waals surface area contributed by atoms with Crippen molar-refractivity contribution in [3.8, 4) is 11.8 Å². The van der Waals surface area contributed by atoms with Gasteiger partial charge in [-0.05, 0) is 63.8 Å². The first-order valence-corrected chi connectivity index (χ1v) is 13.6. The molecule has 0 spiro atoms. The van der Waals surface area contributed by atoms with Gasteiger partial charge >= 0.3 is 12.1 Å². The maximum absolute atomic E-state index is 12.6. The molecule has 3 fully saturated rings. The molecule has 4 atom stereocenters. The second kappa shape index (κ2) is 9.63. The van der Waals surface area contributed by atoms with Crippen LogP contribution in [-0.4, -0.2) is 93.0 Å².